The van der Waals surface area contributed by atoms with Gasteiger partial charge in [0.15, 0.2) is 0 Å². The number of nitrogens with zero attached hydrogens (tertiary/aromatic N) is 4. The highest BCUT2D eigenvalue weighted by molar-refractivity contribution is 7.89. The average molecular weight is 498 g/mol. The quantitative estimate of drug-likeness (QED) is 0.422. The van der Waals surface area contributed by atoms with Gasteiger partial charge in [0.2, 0.25) is 15.9 Å². The number of nitro groups is 1. The Kier molecular flexibility index (Phi) is 8.10. The van der Waals surface area contributed by atoms with Gasteiger partial charge in [-0.15, -0.1) is 0 Å². The predicted octanol–water partition coefficient (Wildman–Crippen LogP) is 0.432. The first-order valence-corrected chi connectivity index (χ1v) is 12.8. The molecule has 2 aliphatic heterocycles. The van der Waals surface area contributed by atoms with Gasteiger partial charge < -0.3 is 19.9 Å². The lowest BCUT2D eigenvalue weighted by Gasteiger charge is -2.35. The summed E-state index contributed by atoms with van der Waals surface area (Å²) in [6.45, 7) is 7.31. The minimum absolute atomic E-state index is 0.0409. The normalized spacial score (nSPS) is 21.9. The lowest BCUT2D eigenvalue weighted by molar-refractivity contribution is -0.384. The highest BCUT2D eigenvalue weighted by atomic mass is 32.2. The van der Waals surface area contributed by atoms with Gasteiger partial charge >= 0.3 is 0 Å². The van der Waals surface area contributed by atoms with E-state index in [1.165, 1.54) is 29.4 Å². The standard InChI is InChI=1S/C21H31N5O7S/c1-15-13-25(14-16(2)33-15)34(31,32)11-6-22-21(28)18-4-5-19(20(12-18)26(29)30)24-9-7-23(8-10-24)17(3)27/h4-5,12,15-16H,6-11,13-14H2,1-3H3,(H,22,28). The molecule has 1 aromatic rings. The molecule has 0 aromatic heterocycles. The maximum atomic E-state index is 12.6. The van der Waals surface area contributed by atoms with Gasteiger partial charge in [0.25, 0.3) is 11.6 Å². The zero-order valence-corrected chi connectivity index (χ0v) is 20.4. The van der Waals surface area contributed by atoms with Gasteiger partial charge in [-0.25, -0.2) is 8.42 Å². The number of hydrogen-bond donors (Lipinski definition) is 1. The zero-order chi connectivity index (χ0) is 25.0. The van der Waals surface area contributed by atoms with E-state index in [4.69, 9.17) is 4.74 Å². The van der Waals surface area contributed by atoms with Crippen LogP contribution in [-0.4, -0.2) is 98.1 Å². The second-order valence-electron chi connectivity index (χ2n) is 8.60. The van der Waals surface area contributed by atoms with Crippen LogP contribution in [0.1, 0.15) is 31.1 Å². The van der Waals surface area contributed by atoms with Crippen LogP contribution in [0.3, 0.4) is 0 Å². The number of piperazine rings is 1. The Morgan fingerprint density at radius 2 is 1.76 bits per heavy atom. The largest absolute Gasteiger partial charge is 0.373 e. The molecule has 12 nitrogen and oxygen atoms in total. The van der Waals surface area contributed by atoms with Crippen molar-refractivity contribution in [2.75, 3.05) is 56.5 Å². The SMILES string of the molecule is CC(=O)N1CCN(c2ccc(C(=O)NCCS(=O)(=O)N3CC(C)OC(C)C3)cc2[N+](=O)[O-])CC1. The molecule has 0 saturated carbocycles. The van der Waals surface area contributed by atoms with Crippen LogP contribution in [0.15, 0.2) is 18.2 Å². The molecule has 0 spiro atoms. The number of amides is 2. The zero-order valence-electron chi connectivity index (χ0n) is 19.6. The van der Waals surface area contributed by atoms with Crippen LogP contribution in [-0.2, 0) is 19.6 Å². The summed E-state index contributed by atoms with van der Waals surface area (Å²) in [4.78, 5) is 38.7. The highest BCUT2D eigenvalue weighted by Crippen LogP contribution is 2.30. The van der Waals surface area contributed by atoms with Crippen LogP contribution in [0.2, 0.25) is 0 Å². The summed E-state index contributed by atoms with van der Waals surface area (Å²) in [6, 6.07) is 4.19. The molecule has 3 rings (SSSR count). The Morgan fingerprint density at radius 1 is 1.15 bits per heavy atom. The van der Waals surface area contributed by atoms with Crippen molar-refractivity contribution in [3.63, 3.8) is 0 Å². The molecule has 2 heterocycles. The third kappa shape index (κ3) is 6.21. The van der Waals surface area contributed by atoms with Crippen LogP contribution < -0.4 is 10.2 Å². The molecule has 0 bridgehead atoms. The molecule has 2 aliphatic rings. The molecule has 1 N–H and O–H groups in total. The van der Waals surface area contributed by atoms with E-state index in [-0.39, 0.29) is 54.8 Å². The third-order valence-corrected chi connectivity index (χ3v) is 7.73. The molecule has 2 amide bonds. The minimum atomic E-state index is -3.58. The van der Waals surface area contributed by atoms with Crippen molar-refractivity contribution in [3.05, 3.63) is 33.9 Å². The first kappa shape index (κ1) is 25.8. The van der Waals surface area contributed by atoms with Gasteiger partial charge in [-0.05, 0) is 26.0 Å². The smallest absolute Gasteiger partial charge is 0.293 e. The number of carbonyl (C=O) groups excluding carboxylic acids is 2. The van der Waals surface area contributed by atoms with Gasteiger partial charge in [0.05, 0.1) is 22.9 Å². The first-order valence-electron chi connectivity index (χ1n) is 11.2. The molecule has 34 heavy (non-hydrogen) atoms. The Morgan fingerprint density at radius 3 is 2.32 bits per heavy atom. The summed E-state index contributed by atoms with van der Waals surface area (Å²) in [5.41, 5.74) is 0.236. The number of ether oxygens (including phenoxy) is 1. The molecule has 0 radical (unpaired) electrons. The van der Waals surface area contributed by atoms with Gasteiger partial charge in [0, 0.05) is 64.4 Å². The number of benzene rings is 1. The lowest BCUT2D eigenvalue weighted by atomic mass is 10.1. The number of carbonyl (C=O) groups is 2. The Bertz CT molecular complexity index is 1030. The van der Waals surface area contributed by atoms with E-state index in [1.807, 2.05) is 4.90 Å². The minimum Gasteiger partial charge on any atom is -0.373 e. The second-order valence-corrected chi connectivity index (χ2v) is 10.7. The number of anilines is 1. The Hall–Kier alpha value is -2.77. The number of rotatable bonds is 7. The van der Waals surface area contributed by atoms with E-state index in [2.05, 4.69) is 5.32 Å². The van der Waals surface area contributed by atoms with Crippen molar-refractivity contribution >= 4 is 33.2 Å². The number of sulfonamides is 1. The molecule has 2 saturated heterocycles. The first-order chi connectivity index (χ1) is 16.0. The fourth-order valence-electron chi connectivity index (χ4n) is 4.22. The fourth-order valence-corrected chi connectivity index (χ4v) is 5.72. The fraction of sp³-hybridized carbons (Fsp3) is 0.619. The number of morpholine rings is 1. The molecule has 2 unspecified atom stereocenters. The lowest BCUT2D eigenvalue weighted by Crippen LogP contribution is -2.49. The summed E-state index contributed by atoms with van der Waals surface area (Å²) < 4.78 is 32.2. The van der Waals surface area contributed by atoms with Crippen molar-refractivity contribution < 1.29 is 27.7 Å². The summed E-state index contributed by atoms with van der Waals surface area (Å²) in [7, 11) is -3.58. The van der Waals surface area contributed by atoms with E-state index in [0.717, 1.165) is 0 Å². The number of nitrogens with one attached hydrogen (secondary N) is 1. The van der Waals surface area contributed by atoms with E-state index in [9.17, 15) is 28.1 Å². The average Bonchev–Trinajstić information content (AvgIpc) is 2.78. The maximum absolute atomic E-state index is 12.6. The van der Waals surface area contributed by atoms with Gasteiger partial charge in [-0.3, -0.25) is 19.7 Å². The molecule has 1 aromatic carbocycles. The predicted molar refractivity (Wildman–Crippen MR) is 125 cm³/mol. The van der Waals surface area contributed by atoms with E-state index >= 15 is 0 Å². The molecule has 2 fully saturated rings. The van der Waals surface area contributed by atoms with Gasteiger partial charge in [-0.2, -0.15) is 4.31 Å². The van der Waals surface area contributed by atoms with Crippen LogP contribution in [0.25, 0.3) is 0 Å². The van der Waals surface area contributed by atoms with E-state index < -0.39 is 20.9 Å². The molecule has 2 atom stereocenters. The molecular weight excluding hydrogens is 466 g/mol. The van der Waals surface area contributed by atoms with E-state index in [1.54, 1.807) is 18.7 Å². The second kappa shape index (κ2) is 10.7. The summed E-state index contributed by atoms with van der Waals surface area (Å²) in [5, 5.41) is 14.2. The van der Waals surface area contributed by atoms with Crippen molar-refractivity contribution in [1.82, 2.24) is 14.5 Å². The van der Waals surface area contributed by atoms with Crippen molar-refractivity contribution in [1.29, 1.82) is 0 Å². The van der Waals surface area contributed by atoms with Crippen molar-refractivity contribution in [3.8, 4) is 0 Å². The summed E-state index contributed by atoms with van der Waals surface area (Å²) in [5.74, 6) is -0.908. The highest BCUT2D eigenvalue weighted by Gasteiger charge is 2.31. The van der Waals surface area contributed by atoms with Crippen LogP contribution >= 0.6 is 0 Å². The molecule has 0 aliphatic carbocycles. The summed E-state index contributed by atoms with van der Waals surface area (Å²) in [6.07, 6.45) is -0.421. The molecular formula is C21H31N5O7S. The van der Waals surface area contributed by atoms with Crippen LogP contribution in [0.4, 0.5) is 11.4 Å². The Labute approximate surface area is 199 Å². The monoisotopic (exact) mass is 497 g/mol. The Balaban J connectivity index is 1.62. The maximum Gasteiger partial charge on any atom is 0.293 e. The van der Waals surface area contributed by atoms with Crippen molar-refractivity contribution in [2.24, 2.45) is 0 Å². The molecule has 188 valence electrons. The molecule has 13 heteroatoms. The number of nitro benzene ring substituents is 1. The van der Waals surface area contributed by atoms with E-state index in [0.29, 0.717) is 31.9 Å². The number of hydrogen-bond acceptors (Lipinski definition) is 8. The van der Waals surface area contributed by atoms with Crippen LogP contribution in [0, 0.1) is 10.1 Å². The summed E-state index contributed by atoms with van der Waals surface area (Å²) >= 11 is 0. The van der Waals surface area contributed by atoms with Gasteiger partial charge in [-0.1, -0.05) is 0 Å². The van der Waals surface area contributed by atoms with Crippen LogP contribution in [0.5, 0.6) is 0 Å². The van der Waals surface area contributed by atoms with Gasteiger partial charge in [0.1, 0.15) is 5.69 Å². The van der Waals surface area contributed by atoms with Crippen molar-refractivity contribution in [2.45, 2.75) is 33.0 Å². The third-order valence-electron chi connectivity index (χ3n) is 5.93. The topological polar surface area (TPSA) is 142 Å².